The zero-order chi connectivity index (χ0) is 18.1. The molecule has 4 rings (SSSR count). The predicted molar refractivity (Wildman–Crippen MR) is 107 cm³/mol. The molecule has 0 saturated carbocycles. The summed E-state index contributed by atoms with van der Waals surface area (Å²) in [5, 5.41) is 3.69. The lowest BCUT2D eigenvalue weighted by Gasteiger charge is -2.10. The fraction of sp³-hybridized carbons (Fsp3) is 0. The van der Waals surface area contributed by atoms with E-state index in [1.165, 1.54) is 18.2 Å². The molecular weight excluding hydrogens is 415 g/mol. The lowest BCUT2D eigenvalue weighted by atomic mass is 10.1. The van der Waals surface area contributed by atoms with Gasteiger partial charge in [0.05, 0.1) is 21.5 Å². The van der Waals surface area contributed by atoms with Gasteiger partial charge < -0.3 is 5.32 Å². The third-order valence-electron chi connectivity index (χ3n) is 3.87. The van der Waals surface area contributed by atoms with Crippen molar-refractivity contribution in [3.05, 3.63) is 82.6 Å². The van der Waals surface area contributed by atoms with Gasteiger partial charge in [-0.05, 0) is 58.4 Å². The zero-order valence-corrected chi connectivity index (χ0v) is 15.8. The van der Waals surface area contributed by atoms with Crippen LogP contribution in [0, 0.1) is 5.82 Å². The predicted octanol–water partition coefficient (Wildman–Crippen LogP) is 6.12. The number of fused-ring (bicyclic) bond motifs is 1. The van der Waals surface area contributed by atoms with Gasteiger partial charge in [-0.3, -0.25) is 4.79 Å². The van der Waals surface area contributed by atoms with Gasteiger partial charge in [0, 0.05) is 10.0 Å². The summed E-state index contributed by atoms with van der Waals surface area (Å²) in [5.41, 5.74) is 2.62. The number of nitrogens with zero attached hydrogens (tertiary/aromatic N) is 1. The summed E-state index contributed by atoms with van der Waals surface area (Å²) in [6.45, 7) is 0. The number of amides is 1. The van der Waals surface area contributed by atoms with Gasteiger partial charge in [-0.2, -0.15) is 0 Å². The highest BCUT2D eigenvalue weighted by Crippen LogP contribution is 2.34. The highest BCUT2D eigenvalue weighted by Gasteiger charge is 2.15. The van der Waals surface area contributed by atoms with E-state index in [1.54, 1.807) is 11.3 Å². The van der Waals surface area contributed by atoms with Gasteiger partial charge in [-0.15, -0.1) is 11.3 Å². The van der Waals surface area contributed by atoms with Crippen molar-refractivity contribution in [1.82, 2.24) is 4.98 Å². The van der Waals surface area contributed by atoms with Gasteiger partial charge in [0.15, 0.2) is 0 Å². The highest BCUT2D eigenvalue weighted by atomic mass is 79.9. The van der Waals surface area contributed by atoms with Crippen molar-refractivity contribution in [2.75, 3.05) is 5.32 Å². The third kappa shape index (κ3) is 3.25. The van der Waals surface area contributed by atoms with Crippen LogP contribution >= 0.6 is 27.3 Å². The molecule has 0 aliphatic heterocycles. The summed E-state index contributed by atoms with van der Waals surface area (Å²) in [6.07, 6.45) is 0. The van der Waals surface area contributed by atoms with Gasteiger partial charge in [0.1, 0.15) is 10.8 Å². The topological polar surface area (TPSA) is 42.0 Å². The van der Waals surface area contributed by atoms with E-state index in [0.29, 0.717) is 10.2 Å². The Morgan fingerprint density at radius 1 is 1.04 bits per heavy atom. The highest BCUT2D eigenvalue weighted by molar-refractivity contribution is 9.10. The summed E-state index contributed by atoms with van der Waals surface area (Å²) in [4.78, 5) is 17.3. The van der Waals surface area contributed by atoms with E-state index in [9.17, 15) is 9.18 Å². The Labute approximate surface area is 161 Å². The first kappa shape index (κ1) is 16.9. The molecule has 6 heteroatoms. The molecule has 1 heterocycles. The van der Waals surface area contributed by atoms with E-state index in [1.807, 2.05) is 48.5 Å². The number of para-hydroxylation sites is 2. The van der Waals surface area contributed by atoms with E-state index in [2.05, 4.69) is 26.2 Å². The van der Waals surface area contributed by atoms with E-state index >= 15 is 0 Å². The number of thiazole rings is 1. The fourth-order valence-electron chi connectivity index (χ4n) is 2.63. The monoisotopic (exact) mass is 426 g/mol. The normalized spacial score (nSPS) is 10.8. The lowest BCUT2D eigenvalue weighted by Crippen LogP contribution is -2.13. The number of rotatable bonds is 3. The van der Waals surface area contributed by atoms with Crippen LogP contribution in [0.4, 0.5) is 10.1 Å². The maximum absolute atomic E-state index is 13.5. The Morgan fingerprint density at radius 2 is 1.81 bits per heavy atom. The number of hydrogen-bond acceptors (Lipinski definition) is 3. The molecule has 0 saturated heterocycles. The molecule has 0 radical (unpaired) electrons. The first-order valence-corrected chi connectivity index (χ1v) is 9.44. The number of halogens is 2. The quantitative estimate of drug-likeness (QED) is 0.428. The van der Waals surface area contributed by atoms with Gasteiger partial charge in [0.2, 0.25) is 0 Å². The van der Waals surface area contributed by atoms with Crippen LogP contribution in [-0.4, -0.2) is 10.9 Å². The molecule has 0 spiro atoms. The molecule has 0 bridgehead atoms. The smallest absolute Gasteiger partial charge is 0.256 e. The molecule has 26 heavy (non-hydrogen) atoms. The van der Waals surface area contributed by atoms with Crippen molar-refractivity contribution in [3.8, 4) is 10.6 Å². The van der Waals surface area contributed by atoms with Crippen LogP contribution in [0.5, 0.6) is 0 Å². The molecule has 128 valence electrons. The minimum Gasteiger partial charge on any atom is -0.321 e. The minimum absolute atomic E-state index is 0.240. The van der Waals surface area contributed by atoms with Crippen molar-refractivity contribution in [3.63, 3.8) is 0 Å². The summed E-state index contributed by atoms with van der Waals surface area (Å²) in [7, 11) is 0. The largest absolute Gasteiger partial charge is 0.321 e. The van der Waals surface area contributed by atoms with Crippen molar-refractivity contribution in [1.29, 1.82) is 0 Å². The molecule has 0 aliphatic rings. The number of carbonyl (C=O) groups is 1. The van der Waals surface area contributed by atoms with Crippen LogP contribution < -0.4 is 5.32 Å². The number of hydrogen-bond donors (Lipinski definition) is 1. The Balaban J connectivity index is 1.72. The second-order valence-electron chi connectivity index (χ2n) is 5.61. The first-order chi connectivity index (χ1) is 12.6. The Kier molecular flexibility index (Phi) is 4.53. The van der Waals surface area contributed by atoms with E-state index < -0.39 is 5.82 Å². The molecule has 4 aromatic rings. The van der Waals surface area contributed by atoms with E-state index in [0.717, 1.165) is 20.8 Å². The van der Waals surface area contributed by atoms with E-state index in [4.69, 9.17) is 0 Å². The summed E-state index contributed by atoms with van der Waals surface area (Å²) in [5.74, 6) is -0.845. The van der Waals surface area contributed by atoms with Gasteiger partial charge >= 0.3 is 0 Å². The second-order valence-corrected chi connectivity index (χ2v) is 7.50. The Morgan fingerprint density at radius 3 is 2.65 bits per heavy atom. The number of nitrogens with one attached hydrogen (secondary N) is 1. The lowest BCUT2D eigenvalue weighted by molar-refractivity contribution is 0.102. The average Bonchev–Trinajstić information content (AvgIpc) is 3.08. The number of anilines is 1. The van der Waals surface area contributed by atoms with Gasteiger partial charge in [0.25, 0.3) is 5.91 Å². The maximum Gasteiger partial charge on any atom is 0.256 e. The number of aromatic nitrogens is 1. The first-order valence-electron chi connectivity index (χ1n) is 7.83. The minimum atomic E-state index is -0.460. The fourth-order valence-corrected chi connectivity index (χ4v) is 4.06. The van der Waals surface area contributed by atoms with E-state index in [-0.39, 0.29) is 11.5 Å². The van der Waals surface area contributed by atoms with Crippen molar-refractivity contribution in [2.45, 2.75) is 0 Å². The van der Waals surface area contributed by atoms with Crippen LogP contribution in [0.25, 0.3) is 20.8 Å². The van der Waals surface area contributed by atoms with Crippen molar-refractivity contribution < 1.29 is 9.18 Å². The van der Waals surface area contributed by atoms with Crippen molar-refractivity contribution >= 4 is 49.1 Å². The molecule has 3 aromatic carbocycles. The molecule has 1 aromatic heterocycles. The molecular formula is C20H12BrFN2OS. The molecule has 3 nitrogen and oxygen atoms in total. The SMILES string of the molecule is O=C(Nc1ccccc1-c1nc2ccccc2s1)c1cc(F)ccc1Br. The average molecular weight is 427 g/mol. The zero-order valence-electron chi connectivity index (χ0n) is 13.4. The van der Waals surface area contributed by atoms with Crippen LogP contribution in [0.1, 0.15) is 10.4 Å². The van der Waals surface area contributed by atoms with Gasteiger partial charge in [-0.25, -0.2) is 9.37 Å². The van der Waals surface area contributed by atoms with Crippen molar-refractivity contribution in [2.24, 2.45) is 0 Å². The second kappa shape index (κ2) is 6.97. The number of carbonyl (C=O) groups excluding carboxylic acids is 1. The number of benzene rings is 3. The van der Waals surface area contributed by atoms with Crippen LogP contribution in [0.3, 0.4) is 0 Å². The summed E-state index contributed by atoms with van der Waals surface area (Å²) < 4.78 is 15.1. The molecule has 1 N–H and O–H groups in total. The summed E-state index contributed by atoms with van der Waals surface area (Å²) >= 11 is 4.85. The maximum atomic E-state index is 13.5. The van der Waals surface area contributed by atoms with Crippen LogP contribution in [0.2, 0.25) is 0 Å². The van der Waals surface area contributed by atoms with Crippen LogP contribution in [-0.2, 0) is 0 Å². The molecule has 0 unspecified atom stereocenters. The molecule has 1 amide bonds. The molecule has 0 fully saturated rings. The third-order valence-corrected chi connectivity index (χ3v) is 5.63. The Bertz CT molecular complexity index is 1090. The summed E-state index contributed by atoms with van der Waals surface area (Å²) in [6, 6.07) is 19.4. The standard InChI is InChI=1S/C20H12BrFN2OS/c21-15-10-9-12(22)11-14(15)19(25)23-16-6-2-1-5-13(16)20-24-17-7-3-4-8-18(17)26-20/h1-11H,(H,23,25). The molecule has 0 aliphatic carbocycles. The molecule has 0 atom stereocenters. The van der Waals surface area contributed by atoms with Gasteiger partial charge in [-0.1, -0.05) is 24.3 Å². The van der Waals surface area contributed by atoms with Crippen LogP contribution in [0.15, 0.2) is 71.2 Å². The Hall–Kier alpha value is -2.57.